The van der Waals surface area contributed by atoms with Crippen LogP contribution in [0.25, 0.3) is 22.3 Å². The highest BCUT2D eigenvalue weighted by Crippen LogP contribution is 2.30. The van der Waals surface area contributed by atoms with Crippen LogP contribution in [0.2, 0.25) is 0 Å². The van der Waals surface area contributed by atoms with Gasteiger partial charge in [0.05, 0.1) is 23.7 Å². The average molecular weight is 589 g/mol. The third-order valence-corrected chi connectivity index (χ3v) is 7.08. The van der Waals surface area contributed by atoms with E-state index in [1.165, 1.54) is 18.3 Å². The number of aromatic nitrogens is 5. The molecule has 1 aliphatic heterocycles. The van der Waals surface area contributed by atoms with E-state index in [2.05, 4.69) is 25.3 Å². The molecule has 3 aromatic heterocycles. The zero-order valence-electron chi connectivity index (χ0n) is 23.2. The lowest BCUT2D eigenvalue weighted by Crippen LogP contribution is -2.49. The second kappa shape index (κ2) is 11.6. The summed E-state index contributed by atoms with van der Waals surface area (Å²) in [4.78, 5) is 32.9. The van der Waals surface area contributed by atoms with Gasteiger partial charge in [-0.05, 0) is 45.0 Å². The predicted molar refractivity (Wildman–Crippen MR) is 146 cm³/mol. The molecule has 9 nitrogen and oxygen atoms in total. The van der Waals surface area contributed by atoms with Gasteiger partial charge in [-0.1, -0.05) is 0 Å². The predicted octanol–water partition coefficient (Wildman–Crippen LogP) is 5.51. The Morgan fingerprint density at radius 1 is 1.00 bits per heavy atom. The molecule has 5 rings (SSSR count). The molecule has 0 saturated carbocycles. The van der Waals surface area contributed by atoms with Crippen LogP contribution >= 0.6 is 0 Å². The summed E-state index contributed by atoms with van der Waals surface area (Å²) in [6.45, 7) is 6.92. The smallest absolute Gasteiger partial charge is 0.336 e. The summed E-state index contributed by atoms with van der Waals surface area (Å²) in [5, 5.41) is 2.87. The fraction of sp³-hybridized carbons (Fsp3) is 0.393. The van der Waals surface area contributed by atoms with E-state index in [9.17, 15) is 26.7 Å². The summed E-state index contributed by atoms with van der Waals surface area (Å²) in [5.74, 6) is -0.671. The molecule has 1 amide bonds. The summed E-state index contributed by atoms with van der Waals surface area (Å²) in [6, 6.07) is 5.92. The number of fused-ring (bicyclic) bond motifs is 1. The Bertz CT molecular complexity index is 1590. The molecule has 1 aromatic carbocycles. The normalized spacial score (nSPS) is 14.6. The van der Waals surface area contributed by atoms with E-state index in [1.54, 1.807) is 28.9 Å². The summed E-state index contributed by atoms with van der Waals surface area (Å²) in [5.41, 5.74) is 1.14. The van der Waals surface area contributed by atoms with Gasteiger partial charge in [0.15, 0.2) is 11.6 Å². The number of hydrogen-bond acceptors (Lipinski definition) is 7. The number of nitrogens with zero attached hydrogens (tertiary/aromatic N) is 7. The van der Waals surface area contributed by atoms with Gasteiger partial charge in [0, 0.05) is 50.5 Å². The highest BCUT2D eigenvalue weighted by atomic mass is 19.4. The van der Waals surface area contributed by atoms with Crippen molar-refractivity contribution in [2.24, 2.45) is 0 Å². The molecule has 4 aromatic rings. The van der Waals surface area contributed by atoms with Gasteiger partial charge in [0.25, 0.3) is 5.91 Å². The number of pyridine rings is 1. The molecule has 0 atom stereocenters. The average Bonchev–Trinajstić information content (AvgIpc) is 3.29. The second-order valence-corrected chi connectivity index (χ2v) is 10.4. The molecular weight excluding hydrogens is 559 g/mol. The van der Waals surface area contributed by atoms with Crippen LogP contribution in [0.1, 0.15) is 42.5 Å². The minimum Gasteiger partial charge on any atom is -0.336 e. The molecule has 1 aliphatic rings. The number of hydrogen-bond donors (Lipinski definition) is 1. The Hall–Kier alpha value is -4.20. The molecule has 0 spiro atoms. The van der Waals surface area contributed by atoms with Gasteiger partial charge in [-0.15, -0.1) is 0 Å². The third kappa shape index (κ3) is 6.32. The number of nitrogens with one attached hydrogen (secondary N) is 1. The van der Waals surface area contributed by atoms with E-state index in [4.69, 9.17) is 0 Å². The van der Waals surface area contributed by atoms with Crippen molar-refractivity contribution >= 4 is 28.7 Å². The quantitative estimate of drug-likeness (QED) is 0.285. The Morgan fingerprint density at radius 2 is 1.74 bits per heavy atom. The van der Waals surface area contributed by atoms with Gasteiger partial charge in [-0.2, -0.15) is 13.2 Å². The molecule has 1 N–H and O–H groups in total. The SMILES string of the molecule is Cc1nc2c(F)cc(-c3nc(Nc4ccc(C(=O)N5CCN(CCC(F)(F)F)CC5)cn4)ncc3F)cc2n1C(C)C. The Morgan fingerprint density at radius 3 is 2.38 bits per heavy atom. The topological polar surface area (TPSA) is 92.1 Å². The molecular formula is C28H29F5N8O. The van der Waals surface area contributed by atoms with Crippen molar-refractivity contribution in [3.8, 4) is 11.3 Å². The largest absolute Gasteiger partial charge is 0.390 e. The maximum atomic E-state index is 15.0. The lowest BCUT2D eigenvalue weighted by molar-refractivity contribution is -0.138. The first-order chi connectivity index (χ1) is 19.9. The minimum absolute atomic E-state index is 0.00549. The van der Waals surface area contributed by atoms with Crippen LogP contribution in [0.15, 0.2) is 36.7 Å². The minimum atomic E-state index is -4.21. The number of piperazine rings is 1. The van der Waals surface area contributed by atoms with E-state index < -0.39 is 24.2 Å². The highest BCUT2D eigenvalue weighted by Gasteiger charge is 2.29. The molecule has 222 valence electrons. The van der Waals surface area contributed by atoms with Crippen molar-refractivity contribution in [1.29, 1.82) is 0 Å². The second-order valence-electron chi connectivity index (χ2n) is 10.4. The number of rotatable bonds is 7. The van der Waals surface area contributed by atoms with Gasteiger partial charge >= 0.3 is 6.18 Å². The lowest BCUT2D eigenvalue weighted by atomic mass is 10.1. The van der Waals surface area contributed by atoms with Gasteiger partial charge in [-0.3, -0.25) is 9.69 Å². The third-order valence-electron chi connectivity index (χ3n) is 7.08. The van der Waals surface area contributed by atoms with E-state index in [0.29, 0.717) is 43.1 Å². The van der Waals surface area contributed by atoms with Crippen LogP contribution in [0, 0.1) is 18.6 Å². The zero-order chi connectivity index (χ0) is 30.2. The summed E-state index contributed by atoms with van der Waals surface area (Å²) in [7, 11) is 0. The first-order valence-corrected chi connectivity index (χ1v) is 13.4. The van der Waals surface area contributed by atoms with Crippen LogP contribution in [-0.4, -0.2) is 79.1 Å². The highest BCUT2D eigenvalue weighted by molar-refractivity contribution is 5.94. The van der Waals surface area contributed by atoms with Crippen molar-refractivity contribution in [2.45, 2.75) is 39.4 Å². The molecule has 0 bridgehead atoms. The van der Waals surface area contributed by atoms with Crippen LogP contribution < -0.4 is 5.32 Å². The number of anilines is 2. The Kier molecular flexibility index (Phi) is 8.08. The molecule has 1 saturated heterocycles. The summed E-state index contributed by atoms with van der Waals surface area (Å²) in [6.07, 6.45) is -2.75. The van der Waals surface area contributed by atoms with Crippen LogP contribution in [0.5, 0.6) is 0 Å². The molecule has 1 fully saturated rings. The van der Waals surface area contributed by atoms with E-state index >= 15 is 0 Å². The van der Waals surface area contributed by atoms with Crippen LogP contribution in [0.3, 0.4) is 0 Å². The first-order valence-electron chi connectivity index (χ1n) is 13.4. The lowest BCUT2D eigenvalue weighted by Gasteiger charge is -2.34. The molecule has 0 aliphatic carbocycles. The Balaban J connectivity index is 1.28. The maximum absolute atomic E-state index is 15.0. The summed E-state index contributed by atoms with van der Waals surface area (Å²) >= 11 is 0. The van der Waals surface area contributed by atoms with E-state index in [-0.39, 0.29) is 47.0 Å². The zero-order valence-corrected chi connectivity index (χ0v) is 23.2. The van der Waals surface area contributed by atoms with Crippen LogP contribution in [0.4, 0.5) is 33.7 Å². The summed E-state index contributed by atoms with van der Waals surface area (Å²) < 4.78 is 69.1. The van der Waals surface area contributed by atoms with Crippen LogP contribution in [-0.2, 0) is 0 Å². The number of alkyl halides is 3. The number of carbonyl (C=O) groups excluding carboxylic acids is 1. The van der Waals surface area contributed by atoms with Crippen molar-refractivity contribution in [1.82, 2.24) is 34.3 Å². The van der Waals surface area contributed by atoms with Crippen molar-refractivity contribution in [3.63, 3.8) is 0 Å². The van der Waals surface area contributed by atoms with Gasteiger partial charge in [0.2, 0.25) is 5.95 Å². The molecule has 0 radical (unpaired) electrons. The number of carbonyl (C=O) groups is 1. The van der Waals surface area contributed by atoms with Crippen molar-refractivity contribution in [2.75, 3.05) is 38.0 Å². The fourth-order valence-electron chi connectivity index (χ4n) is 5.04. The van der Waals surface area contributed by atoms with Crippen molar-refractivity contribution in [3.05, 3.63) is 59.7 Å². The number of imidazole rings is 1. The van der Waals surface area contributed by atoms with Gasteiger partial charge in [-0.25, -0.2) is 28.7 Å². The molecule has 4 heterocycles. The number of benzene rings is 1. The Labute approximate surface area is 238 Å². The first kappa shape index (κ1) is 29.3. The number of halogens is 5. The van der Waals surface area contributed by atoms with Gasteiger partial charge in [0.1, 0.15) is 22.9 Å². The monoisotopic (exact) mass is 588 g/mol. The van der Waals surface area contributed by atoms with Gasteiger partial charge < -0.3 is 14.8 Å². The molecule has 14 heteroatoms. The molecule has 0 unspecified atom stereocenters. The number of aryl methyl sites for hydroxylation is 1. The van der Waals surface area contributed by atoms with E-state index in [1.807, 2.05) is 18.4 Å². The standard InChI is InChI=1S/C28H29F5N8O/c1-16(2)41-17(3)36-25-20(29)12-19(13-22(25)41)24-21(30)15-35-27(38-24)37-23-5-4-18(14-34-23)26(42)40-10-8-39(9-11-40)7-6-28(31,32)33/h4-5,12-16H,6-11H2,1-3H3,(H,34,35,37,38). The van der Waals surface area contributed by atoms with Crippen molar-refractivity contribution < 1.29 is 26.7 Å². The fourth-order valence-corrected chi connectivity index (χ4v) is 5.04. The number of amides is 1. The van der Waals surface area contributed by atoms with E-state index in [0.717, 1.165) is 6.20 Å². The maximum Gasteiger partial charge on any atom is 0.390 e. The molecule has 42 heavy (non-hydrogen) atoms.